The molecule has 0 aliphatic heterocycles. The van der Waals surface area contributed by atoms with Gasteiger partial charge in [-0.25, -0.2) is 13.1 Å². The van der Waals surface area contributed by atoms with Crippen LogP contribution in [0, 0.1) is 0 Å². The summed E-state index contributed by atoms with van der Waals surface area (Å²) in [5, 5.41) is 3.22. The Kier molecular flexibility index (Phi) is 7.02. The van der Waals surface area contributed by atoms with Crippen LogP contribution in [0.3, 0.4) is 0 Å². The Labute approximate surface area is 158 Å². The Morgan fingerprint density at radius 3 is 2.42 bits per heavy atom. The molecule has 140 valence electrons. The highest BCUT2D eigenvalue weighted by atomic mass is 35.5. The van der Waals surface area contributed by atoms with E-state index in [0.717, 1.165) is 0 Å². The van der Waals surface area contributed by atoms with Crippen molar-refractivity contribution >= 4 is 33.2 Å². The summed E-state index contributed by atoms with van der Waals surface area (Å²) < 4.78 is 32.6. The number of ether oxygens (including phenoxy) is 1. The summed E-state index contributed by atoms with van der Waals surface area (Å²) in [6.45, 7) is 4.39. The first-order chi connectivity index (χ1) is 12.4. The predicted molar refractivity (Wildman–Crippen MR) is 102 cm³/mol. The van der Waals surface area contributed by atoms with Crippen LogP contribution >= 0.6 is 11.6 Å². The Hall–Kier alpha value is -2.09. The van der Waals surface area contributed by atoms with Crippen LogP contribution in [0.15, 0.2) is 47.4 Å². The summed E-state index contributed by atoms with van der Waals surface area (Å²) in [6, 6.07) is 10.7. The van der Waals surface area contributed by atoms with E-state index in [9.17, 15) is 13.2 Å². The minimum Gasteiger partial charge on any atom is -0.492 e. The van der Waals surface area contributed by atoms with Crippen LogP contribution < -0.4 is 14.8 Å². The number of hydrogen-bond donors (Lipinski definition) is 2. The fourth-order valence-corrected chi connectivity index (χ4v) is 3.46. The molecule has 26 heavy (non-hydrogen) atoms. The van der Waals surface area contributed by atoms with E-state index >= 15 is 0 Å². The van der Waals surface area contributed by atoms with Gasteiger partial charge in [0.05, 0.1) is 17.2 Å². The average Bonchev–Trinajstić information content (AvgIpc) is 2.62. The van der Waals surface area contributed by atoms with Gasteiger partial charge in [-0.1, -0.05) is 18.5 Å². The summed E-state index contributed by atoms with van der Waals surface area (Å²) in [5.41, 5.74) is 0.681. The second-order valence-electron chi connectivity index (χ2n) is 5.45. The van der Waals surface area contributed by atoms with Crippen LogP contribution in [0.5, 0.6) is 5.75 Å². The molecule has 2 N–H and O–H groups in total. The number of rotatable bonds is 8. The van der Waals surface area contributed by atoms with Crippen LogP contribution in [0.1, 0.15) is 30.6 Å². The van der Waals surface area contributed by atoms with E-state index in [1.165, 1.54) is 18.2 Å². The molecule has 0 saturated carbocycles. The van der Waals surface area contributed by atoms with E-state index in [1.807, 2.05) is 6.92 Å². The number of nitrogens with one attached hydrogen (secondary N) is 2. The summed E-state index contributed by atoms with van der Waals surface area (Å²) in [6.07, 6.45) is 0.677. The summed E-state index contributed by atoms with van der Waals surface area (Å²) in [5.74, 6) is 0.00272. The van der Waals surface area contributed by atoms with E-state index in [2.05, 4.69) is 10.0 Å². The van der Waals surface area contributed by atoms with Gasteiger partial charge in [0.2, 0.25) is 10.0 Å². The molecule has 2 aromatic rings. The van der Waals surface area contributed by atoms with Crippen molar-refractivity contribution < 1.29 is 17.9 Å². The standard InChI is InChI=1S/C18H21ClN2O4S/c1-3-11-20-26(23,24)15-9-10-17(25-4-2)16(12-15)21-18(22)13-5-7-14(19)8-6-13/h5-10,12,20H,3-4,11H2,1-2H3,(H,21,22). The molecule has 0 radical (unpaired) electrons. The van der Waals surface area contributed by atoms with Gasteiger partial charge in [0.1, 0.15) is 5.75 Å². The maximum Gasteiger partial charge on any atom is 0.255 e. The van der Waals surface area contributed by atoms with Crippen molar-refractivity contribution in [3.63, 3.8) is 0 Å². The number of anilines is 1. The largest absolute Gasteiger partial charge is 0.492 e. The second kappa shape index (κ2) is 9.02. The van der Waals surface area contributed by atoms with Crippen molar-refractivity contribution in [2.75, 3.05) is 18.5 Å². The van der Waals surface area contributed by atoms with E-state index < -0.39 is 15.9 Å². The first kappa shape index (κ1) is 20.2. The van der Waals surface area contributed by atoms with Gasteiger partial charge >= 0.3 is 0 Å². The van der Waals surface area contributed by atoms with Gasteiger partial charge in [0.15, 0.2) is 0 Å². The lowest BCUT2D eigenvalue weighted by atomic mass is 10.2. The van der Waals surface area contributed by atoms with Crippen LogP contribution in [0.4, 0.5) is 5.69 Å². The normalized spacial score (nSPS) is 11.2. The Balaban J connectivity index is 2.33. The monoisotopic (exact) mass is 396 g/mol. The third-order valence-electron chi connectivity index (χ3n) is 3.46. The fraction of sp³-hybridized carbons (Fsp3) is 0.278. The first-order valence-electron chi connectivity index (χ1n) is 8.20. The molecule has 0 aromatic heterocycles. The second-order valence-corrected chi connectivity index (χ2v) is 7.65. The zero-order valence-electron chi connectivity index (χ0n) is 14.6. The Bertz CT molecular complexity index is 867. The molecule has 0 unspecified atom stereocenters. The molecule has 0 aliphatic carbocycles. The third kappa shape index (κ3) is 5.20. The van der Waals surface area contributed by atoms with Crippen molar-refractivity contribution in [1.82, 2.24) is 4.72 Å². The summed E-state index contributed by atoms with van der Waals surface area (Å²) in [7, 11) is -3.66. The first-order valence-corrected chi connectivity index (χ1v) is 10.1. The van der Waals surface area contributed by atoms with Gasteiger partial charge in [-0.05, 0) is 55.8 Å². The number of carbonyl (C=O) groups excluding carboxylic acids is 1. The smallest absolute Gasteiger partial charge is 0.255 e. The Morgan fingerprint density at radius 2 is 1.81 bits per heavy atom. The molecule has 0 saturated heterocycles. The molecule has 2 aromatic carbocycles. The molecule has 0 aliphatic rings. The van der Waals surface area contributed by atoms with Crippen molar-refractivity contribution in [3.8, 4) is 5.75 Å². The van der Waals surface area contributed by atoms with E-state index in [1.54, 1.807) is 31.2 Å². The van der Waals surface area contributed by atoms with Crippen molar-refractivity contribution in [2.24, 2.45) is 0 Å². The lowest BCUT2D eigenvalue weighted by Crippen LogP contribution is -2.24. The summed E-state index contributed by atoms with van der Waals surface area (Å²) >= 11 is 5.83. The molecule has 0 atom stereocenters. The van der Waals surface area contributed by atoms with E-state index in [-0.39, 0.29) is 10.6 Å². The van der Waals surface area contributed by atoms with Crippen LogP contribution in [0.25, 0.3) is 0 Å². The maximum atomic E-state index is 12.4. The summed E-state index contributed by atoms with van der Waals surface area (Å²) in [4.78, 5) is 12.5. The third-order valence-corrected chi connectivity index (χ3v) is 5.17. The zero-order valence-corrected chi connectivity index (χ0v) is 16.2. The molecule has 0 spiro atoms. The quantitative estimate of drug-likeness (QED) is 0.712. The van der Waals surface area contributed by atoms with Gasteiger partial charge in [-0.2, -0.15) is 0 Å². The van der Waals surface area contributed by atoms with Crippen molar-refractivity contribution in [1.29, 1.82) is 0 Å². The van der Waals surface area contributed by atoms with Gasteiger partial charge in [-0.15, -0.1) is 0 Å². The molecule has 1 amide bonds. The maximum absolute atomic E-state index is 12.4. The van der Waals surface area contributed by atoms with Crippen molar-refractivity contribution in [3.05, 3.63) is 53.1 Å². The number of carbonyl (C=O) groups is 1. The fourth-order valence-electron chi connectivity index (χ4n) is 2.17. The van der Waals surface area contributed by atoms with E-state index in [4.69, 9.17) is 16.3 Å². The van der Waals surface area contributed by atoms with Crippen LogP contribution in [-0.2, 0) is 10.0 Å². The minimum atomic E-state index is -3.66. The topological polar surface area (TPSA) is 84.5 Å². The molecule has 6 nitrogen and oxygen atoms in total. The number of hydrogen-bond acceptors (Lipinski definition) is 4. The highest BCUT2D eigenvalue weighted by Gasteiger charge is 2.17. The number of sulfonamides is 1. The number of halogens is 1. The highest BCUT2D eigenvalue weighted by Crippen LogP contribution is 2.28. The van der Waals surface area contributed by atoms with E-state index in [0.29, 0.717) is 35.9 Å². The van der Waals surface area contributed by atoms with Gasteiger partial charge in [-0.3, -0.25) is 4.79 Å². The average molecular weight is 397 g/mol. The Morgan fingerprint density at radius 1 is 1.12 bits per heavy atom. The highest BCUT2D eigenvalue weighted by molar-refractivity contribution is 7.89. The molecule has 8 heteroatoms. The molecular formula is C18H21ClN2O4S. The van der Waals surface area contributed by atoms with Gasteiger partial charge < -0.3 is 10.1 Å². The number of amides is 1. The van der Waals surface area contributed by atoms with Gasteiger partial charge in [0, 0.05) is 17.1 Å². The van der Waals surface area contributed by atoms with Crippen molar-refractivity contribution in [2.45, 2.75) is 25.2 Å². The van der Waals surface area contributed by atoms with Gasteiger partial charge in [0.25, 0.3) is 5.91 Å². The predicted octanol–water partition coefficient (Wildman–Crippen LogP) is 3.68. The van der Waals surface area contributed by atoms with Crippen LogP contribution in [0.2, 0.25) is 5.02 Å². The molecular weight excluding hydrogens is 376 g/mol. The zero-order chi connectivity index (χ0) is 19.2. The molecule has 0 fully saturated rings. The molecule has 0 heterocycles. The molecule has 2 rings (SSSR count). The molecule has 0 bridgehead atoms. The lowest BCUT2D eigenvalue weighted by molar-refractivity contribution is 0.102. The minimum absolute atomic E-state index is 0.0563. The number of benzene rings is 2. The SMILES string of the molecule is CCCNS(=O)(=O)c1ccc(OCC)c(NC(=O)c2ccc(Cl)cc2)c1. The van der Waals surface area contributed by atoms with Crippen LogP contribution in [-0.4, -0.2) is 27.5 Å². The lowest BCUT2D eigenvalue weighted by Gasteiger charge is -2.14.